The van der Waals surface area contributed by atoms with E-state index in [4.69, 9.17) is 28.5 Å². The Balaban J connectivity index is 2.07. The zero-order valence-corrected chi connectivity index (χ0v) is 12.9. The highest BCUT2D eigenvalue weighted by molar-refractivity contribution is 6.30. The van der Waals surface area contributed by atoms with Crippen LogP contribution in [0.25, 0.3) is 10.9 Å². The Hall–Kier alpha value is -1.75. The van der Waals surface area contributed by atoms with Crippen LogP contribution in [0.5, 0.6) is 0 Å². The first-order chi connectivity index (χ1) is 10.6. The second kappa shape index (κ2) is 6.16. The molecule has 1 unspecified atom stereocenters. The van der Waals surface area contributed by atoms with Crippen LogP contribution in [0.2, 0.25) is 10.4 Å². The van der Waals surface area contributed by atoms with E-state index in [1.807, 2.05) is 4.90 Å². The third-order valence-corrected chi connectivity index (χ3v) is 3.92. The van der Waals surface area contributed by atoms with E-state index >= 15 is 0 Å². The number of nitrogens with one attached hydrogen (secondary N) is 1. The molecule has 1 saturated heterocycles. The number of anilines is 1. The van der Waals surface area contributed by atoms with Crippen molar-refractivity contribution < 1.29 is 4.39 Å². The molecule has 114 valence electrons. The van der Waals surface area contributed by atoms with Gasteiger partial charge in [-0.3, -0.25) is 0 Å². The molecule has 1 aliphatic heterocycles. The molecular weight excluding hydrogens is 330 g/mol. The lowest BCUT2D eigenvalue weighted by Gasteiger charge is -2.34. The van der Waals surface area contributed by atoms with Crippen molar-refractivity contribution >= 4 is 39.9 Å². The van der Waals surface area contributed by atoms with Gasteiger partial charge in [-0.15, -0.1) is 0 Å². The van der Waals surface area contributed by atoms with E-state index in [-0.39, 0.29) is 22.0 Å². The van der Waals surface area contributed by atoms with Crippen molar-refractivity contribution in [1.29, 1.82) is 5.26 Å². The first kappa shape index (κ1) is 15.2. The number of nitriles is 1. The summed E-state index contributed by atoms with van der Waals surface area (Å²) < 4.78 is 14.1. The molecule has 1 N–H and O–H groups in total. The maximum absolute atomic E-state index is 14.1. The van der Waals surface area contributed by atoms with Gasteiger partial charge in [0.1, 0.15) is 11.3 Å². The highest BCUT2D eigenvalue weighted by atomic mass is 35.5. The van der Waals surface area contributed by atoms with Crippen molar-refractivity contribution in [3.8, 4) is 6.07 Å². The van der Waals surface area contributed by atoms with Crippen LogP contribution >= 0.6 is 23.2 Å². The number of pyridine rings is 1. The van der Waals surface area contributed by atoms with Crippen LogP contribution in [0.15, 0.2) is 6.20 Å². The van der Waals surface area contributed by atoms with Gasteiger partial charge in [0.15, 0.2) is 11.0 Å². The van der Waals surface area contributed by atoms with Gasteiger partial charge in [0.05, 0.1) is 17.9 Å². The van der Waals surface area contributed by atoms with Crippen molar-refractivity contribution in [3.05, 3.63) is 22.5 Å². The average molecular weight is 341 g/mol. The number of rotatable bonds is 2. The molecule has 9 heteroatoms. The molecule has 1 fully saturated rings. The number of piperazine rings is 1. The molecule has 0 spiro atoms. The maximum atomic E-state index is 14.1. The summed E-state index contributed by atoms with van der Waals surface area (Å²) in [6.45, 7) is 1.92. The molecule has 22 heavy (non-hydrogen) atoms. The molecule has 3 heterocycles. The van der Waals surface area contributed by atoms with Crippen molar-refractivity contribution in [2.24, 2.45) is 0 Å². The molecule has 0 amide bonds. The smallest absolute Gasteiger partial charge is 0.225 e. The molecule has 0 radical (unpaired) electrons. The van der Waals surface area contributed by atoms with E-state index in [0.29, 0.717) is 37.3 Å². The van der Waals surface area contributed by atoms with Gasteiger partial charge in [-0.2, -0.15) is 10.2 Å². The molecule has 3 rings (SSSR count). The van der Waals surface area contributed by atoms with E-state index < -0.39 is 5.82 Å². The van der Waals surface area contributed by atoms with Crippen molar-refractivity contribution in [2.75, 3.05) is 24.5 Å². The second-order valence-electron chi connectivity index (χ2n) is 4.90. The van der Waals surface area contributed by atoms with E-state index in [2.05, 4.69) is 26.3 Å². The fourth-order valence-corrected chi connectivity index (χ4v) is 2.80. The van der Waals surface area contributed by atoms with Crippen molar-refractivity contribution in [2.45, 2.75) is 12.5 Å². The molecular formula is C13H11Cl2FN6. The van der Waals surface area contributed by atoms with Gasteiger partial charge < -0.3 is 10.2 Å². The molecule has 0 bridgehead atoms. The van der Waals surface area contributed by atoms with Crippen LogP contribution in [0, 0.1) is 17.1 Å². The molecule has 0 aliphatic carbocycles. The van der Waals surface area contributed by atoms with E-state index in [0.717, 1.165) is 0 Å². The van der Waals surface area contributed by atoms with Gasteiger partial charge in [-0.25, -0.2) is 14.4 Å². The predicted molar refractivity (Wildman–Crippen MR) is 81.5 cm³/mol. The van der Waals surface area contributed by atoms with Crippen LogP contribution in [0.3, 0.4) is 0 Å². The summed E-state index contributed by atoms with van der Waals surface area (Å²) in [5, 5.41) is 12.2. The van der Waals surface area contributed by atoms with Crippen LogP contribution < -0.4 is 10.2 Å². The molecule has 1 aliphatic rings. The van der Waals surface area contributed by atoms with Crippen LogP contribution in [0.1, 0.15) is 6.42 Å². The molecule has 2 aromatic heterocycles. The average Bonchev–Trinajstić information content (AvgIpc) is 2.51. The predicted octanol–water partition coefficient (Wildman–Crippen LogP) is 2.16. The van der Waals surface area contributed by atoms with Gasteiger partial charge in [0, 0.05) is 31.9 Å². The highest BCUT2D eigenvalue weighted by Gasteiger charge is 2.24. The summed E-state index contributed by atoms with van der Waals surface area (Å²) >= 11 is 11.6. The normalized spacial score (nSPS) is 18.5. The Kier molecular flexibility index (Phi) is 4.25. The molecule has 2 aromatic rings. The minimum atomic E-state index is -0.714. The minimum absolute atomic E-state index is 0.0210. The van der Waals surface area contributed by atoms with Crippen LogP contribution in [-0.2, 0) is 0 Å². The summed E-state index contributed by atoms with van der Waals surface area (Å²) in [7, 11) is 0. The maximum Gasteiger partial charge on any atom is 0.225 e. The largest absolute Gasteiger partial charge is 0.353 e. The third kappa shape index (κ3) is 2.77. The Bertz CT molecular complexity index is 762. The number of halogens is 3. The fraction of sp³-hybridized carbons (Fsp3) is 0.385. The first-order valence-electron chi connectivity index (χ1n) is 6.62. The van der Waals surface area contributed by atoms with E-state index in [1.54, 1.807) is 0 Å². The third-order valence-electron chi connectivity index (χ3n) is 3.49. The molecule has 1 atom stereocenters. The number of nitrogens with zero attached hydrogens (tertiary/aromatic N) is 5. The summed E-state index contributed by atoms with van der Waals surface area (Å²) in [5.74, 6) is -0.212. The highest BCUT2D eigenvalue weighted by Crippen LogP contribution is 2.29. The fourth-order valence-electron chi connectivity index (χ4n) is 2.50. The lowest BCUT2D eigenvalue weighted by Crippen LogP contribution is -2.51. The standard InChI is InChI=1S/C13H11Cl2FN6/c14-11-9(16)10-8(5-19-11)12(21-13(15)20-10)22-4-3-18-7(6-22)1-2-17/h5,7,18H,1,3-4,6H2. The van der Waals surface area contributed by atoms with Gasteiger partial charge >= 0.3 is 0 Å². The Morgan fingerprint density at radius 3 is 3.05 bits per heavy atom. The lowest BCUT2D eigenvalue weighted by atomic mass is 10.1. The quantitative estimate of drug-likeness (QED) is 0.666. The van der Waals surface area contributed by atoms with Gasteiger partial charge in [-0.1, -0.05) is 11.6 Å². The molecule has 0 aromatic carbocycles. The number of hydrogen-bond donors (Lipinski definition) is 1. The summed E-state index contributed by atoms with van der Waals surface area (Å²) in [5.41, 5.74) is 0.0466. The Morgan fingerprint density at radius 2 is 2.27 bits per heavy atom. The van der Waals surface area contributed by atoms with E-state index in [9.17, 15) is 4.39 Å². The molecule has 0 saturated carbocycles. The van der Waals surface area contributed by atoms with Gasteiger partial charge in [-0.05, 0) is 11.6 Å². The van der Waals surface area contributed by atoms with Crippen LogP contribution in [0.4, 0.5) is 10.2 Å². The Morgan fingerprint density at radius 1 is 1.45 bits per heavy atom. The lowest BCUT2D eigenvalue weighted by molar-refractivity contribution is 0.461. The summed E-state index contributed by atoms with van der Waals surface area (Å²) in [4.78, 5) is 13.9. The zero-order chi connectivity index (χ0) is 15.7. The van der Waals surface area contributed by atoms with E-state index in [1.165, 1.54) is 6.20 Å². The minimum Gasteiger partial charge on any atom is -0.353 e. The number of aromatic nitrogens is 3. The number of fused-ring (bicyclic) bond motifs is 1. The van der Waals surface area contributed by atoms with Crippen LogP contribution in [-0.4, -0.2) is 40.6 Å². The van der Waals surface area contributed by atoms with Crippen molar-refractivity contribution in [1.82, 2.24) is 20.3 Å². The zero-order valence-electron chi connectivity index (χ0n) is 11.4. The monoisotopic (exact) mass is 340 g/mol. The SMILES string of the molecule is N#CCC1CN(c2nc(Cl)nc3c(F)c(Cl)ncc23)CCN1. The Labute approximate surface area is 135 Å². The number of hydrogen-bond acceptors (Lipinski definition) is 6. The second-order valence-corrected chi connectivity index (χ2v) is 5.60. The molecule has 6 nitrogen and oxygen atoms in total. The van der Waals surface area contributed by atoms with Gasteiger partial charge in [0.2, 0.25) is 5.28 Å². The summed E-state index contributed by atoms with van der Waals surface area (Å²) in [6.07, 6.45) is 1.82. The topological polar surface area (TPSA) is 77.7 Å². The van der Waals surface area contributed by atoms with Crippen molar-refractivity contribution in [3.63, 3.8) is 0 Å². The van der Waals surface area contributed by atoms with Gasteiger partial charge in [0.25, 0.3) is 0 Å². The summed E-state index contributed by atoms with van der Waals surface area (Å²) in [6, 6.07) is 2.16. The first-order valence-corrected chi connectivity index (χ1v) is 7.38.